The van der Waals surface area contributed by atoms with Crippen LogP contribution in [0.5, 0.6) is 0 Å². The van der Waals surface area contributed by atoms with Crippen molar-refractivity contribution in [2.24, 2.45) is 0 Å². The number of nitrogens with zero attached hydrogens (tertiary/aromatic N) is 3. The highest BCUT2D eigenvalue weighted by molar-refractivity contribution is 6.02. The van der Waals surface area contributed by atoms with Gasteiger partial charge in [-0.25, -0.2) is 9.59 Å². The number of aryl methyl sites for hydroxylation is 1. The van der Waals surface area contributed by atoms with Crippen LogP contribution < -0.4 is 15.5 Å². The van der Waals surface area contributed by atoms with Crippen LogP contribution in [0.1, 0.15) is 47.9 Å². The smallest absolute Gasteiger partial charge is 0.434 e. The van der Waals surface area contributed by atoms with Crippen LogP contribution in [0.4, 0.5) is 21.0 Å². The first-order valence-corrected chi connectivity index (χ1v) is 13.2. The minimum Gasteiger partial charge on any atom is -0.451 e. The van der Waals surface area contributed by atoms with E-state index in [1.807, 2.05) is 0 Å². The highest BCUT2D eigenvalue weighted by Gasteiger charge is 2.27. The van der Waals surface area contributed by atoms with E-state index in [1.165, 1.54) is 34.2 Å². The molecule has 8 nitrogen and oxygen atoms in total. The molecule has 0 radical (unpaired) electrons. The molecule has 8 heteroatoms. The number of aromatic nitrogens is 2. The van der Waals surface area contributed by atoms with Gasteiger partial charge in [0.25, 0.3) is 0 Å². The molecular weight excluding hydrogens is 478 g/mol. The summed E-state index contributed by atoms with van der Waals surface area (Å²) in [5.74, 6) is 0.634. The molecule has 1 aliphatic heterocycles. The molecule has 1 aromatic heterocycles. The average molecular weight is 510 g/mol. The standard InChI is InChI=1S/C30H31N5O3/c1-38-30(37)35-28-9-5-8-26(25(28)19-31-35)32-29(36)33-27-13-10-22-18-23(11-12-24(22)27)34-16-14-21(15-17-34)20-6-3-2-4-7-20/h2-9,11-12,18-19,21,27H,10,13-17H2,1H3,(H2,32,33,36). The molecule has 38 heavy (non-hydrogen) atoms. The molecule has 6 rings (SSSR count). The van der Waals surface area contributed by atoms with Gasteiger partial charge in [-0.3, -0.25) is 0 Å². The summed E-state index contributed by atoms with van der Waals surface area (Å²) >= 11 is 0. The van der Waals surface area contributed by atoms with Crippen molar-refractivity contribution in [2.45, 2.75) is 37.6 Å². The molecule has 1 saturated heterocycles. The summed E-state index contributed by atoms with van der Waals surface area (Å²) in [5.41, 5.74) is 6.36. The molecule has 4 aromatic rings. The van der Waals surface area contributed by atoms with Crippen LogP contribution >= 0.6 is 0 Å². The monoisotopic (exact) mass is 509 g/mol. The van der Waals surface area contributed by atoms with Gasteiger partial charge in [0, 0.05) is 24.2 Å². The molecular formula is C30H31N5O3. The van der Waals surface area contributed by atoms with E-state index in [9.17, 15) is 9.59 Å². The number of carbonyl (C=O) groups is 2. The number of carbonyl (C=O) groups excluding carboxylic acids is 2. The summed E-state index contributed by atoms with van der Waals surface area (Å²) in [7, 11) is 1.31. The lowest BCUT2D eigenvalue weighted by molar-refractivity contribution is 0.170. The Bertz CT molecular complexity index is 1470. The SMILES string of the molecule is COC(=O)n1ncc2c(NC(=O)NC3CCc4cc(N5CCC(c6ccccc6)CC5)ccc43)cccc21. The van der Waals surface area contributed by atoms with Gasteiger partial charge in [0.15, 0.2) is 0 Å². The topological polar surface area (TPSA) is 88.5 Å². The fraction of sp³-hybridized carbons (Fsp3) is 0.300. The number of hydrogen-bond acceptors (Lipinski definition) is 5. The van der Waals surface area contributed by atoms with Crippen molar-refractivity contribution in [3.63, 3.8) is 0 Å². The first-order chi connectivity index (χ1) is 18.6. The van der Waals surface area contributed by atoms with Crippen molar-refractivity contribution in [3.05, 3.63) is 89.6 Å². The van der Waals surface area contributed by atoms with Gasteiger partial charge in [-0.15, -0.1) is 0 Å². The summed E-state index contributed by atoms with van der Waals surface area (Å²) in [6.45, 7) is 2.11. The summed E-state index contributed by atoms with van der Waals surface area (Å²) < 4.78 is 5.95. The Morgan fingerprint density at radius 1 is 0.974 bits per heavy atom. The molecule has 0 bridgehead atoms. The van der Waals surface area contributed by atoms with E-state index in [-0.39, 0.29) is 12.1 Å². The average Bonchev–Trinajstić information content (AvgIpc) is 3.58. The van der Waals surface area contributed by atoms with Gasteiger partial charge in [-0.05, 0) is 72.6 Å². The lowest BCUT2D eigenvalue weighted by atomic mass is 9.89. The van der Waals surface area contributed by atoms with Crippen molar-refractivity contribution < 1.29 is 14.3 Å². The van der Waals surface area contributed by atoms with E-state index in [0.29, 0.717) is 22.5 Å². The minimum atomic E-state index is -0.580. The first-order valence-electron chi connectivity index (χ1n) is 13.2. The molecule has 1 unspecified atom stereocenters. The zero-order chi connectivity index (χ0) is 26.1. The third-order valence-corrected chi connectivity index (χ3v) is 7.85. The summed E-state index contributed by atoms with van der Waals surface area (Å²) in [6, 6.07) is 22.5. The second-order valence-corrected chi connectivity index (χ2v) is 10.0. The second kappa shape index (κ2) is 10.2. The Morgan fingerprint density at radius 3 is 2.58 bits per heavy atom. The third-order valence-electron chi connectivity index (χ3n) is 7.85. The molecule has 0 saturated carbocycles. The van der Waals surface area contributed by atoms with Crippen molar-refractivity contribution in [2.75, 3.05) is 30.4 Å². The maximum absolute atomic E-state index is 12.9. The number of rotatable bonds is 4. The Kier molecular flexibility index (Phi) is 6.45. The Balaban J connectivity index is 1.10. The molecule has 194 valence electrons. The third kappa shape index (κ3) is 4.58. The fourth-order valence-electron chi connectivity index (χ4n) is 5.86. The second-order valence-electron chi connectivity index (χ2n) is 10.0. The fourth-order valence-corrected chi connectivity index (χ4v) is 5.86. The zero-order valence-electron chi connectivity index (χ0n) is 21.4. The number of hydrogen-bond donors (Lipinski definition) is 2. The van der Waals surface area contributed by atoms with Crippen LogP contribution in [0.3, 0.4) is 0 Å². The predicted molar refractivity (Wildman–Crippen MR) is 148 cm³/mol. The molecule has 1 fully saturated rings. The maximum atomic E-state index is 12.9. The van der Waals surface area contributed by atoms with Crippen molar-refractivity contribution in [3.8, 4) is 0 Å². The lowest BCUT2D eigenvalue weighted by Crippen LogP contribution is -2.33. The molecule has 2 amide bonds. The number of methoxy groups -OCH3 is 1. The number of nitrogens with one attached hydrogen (secondary N) is 2. The highest BCUT2D eigenvalue weighted by Crippen LogP contribution is 2.36. The van der Waals surface area contributed by atoms with E-state index in [4.69, 9.17) is 4.74 Å². The van der Waals surface area contributed by atoms with Crippen LogP contribution in [0.2, 0.25) is 0 Å². The molecule has 1 atom stereocenters. The number of piperidine rings is 1. The zero-order valence-corrected chi connectivity index (χ0v) is 21.4. The van der Waals surface area contributed by atoms with E-state index >= 15 is 0 Å². The molecule has 2 N–H and O–H groups in total. The van der Waals surface area contributed by atoms with Gasteiger partial charge in [-0.2, -0.15) is 9.78 Å². The largest absolute Gasteiger partial charge is 0.451 e. The van der Waals surface area contributed by atoms with Gasteiger partial charge >= 0.3 is 12.1 Å². The van der Waals surface area contributed by atoms with Crippen molar-refractivity contribution in [1.29, 1.82) is 0 Å². The Hall–Kier alpha value is -4.33. The van der Waals surface area contributed by atoms with Gasteiger partial charge in [0.05, 0.1) is 30.6 Å². The van der Waals surface area contributed by atoms with E-state index in [0.717, 1.165) is 38.8 Å². The van der Waals surface area contributed by atoms with Crippen LogP contribution in [0, 0.1) is 0 Å². The Labute approximate surface area is 221 Å². The summed E-state index contributed by atoms with van der Waals surface area (Å²) in [5, 5.41) is 10.8. The summed E-state index contributed by atoms with van der Waals surface area (Å²) in [6.07, 6.45) is 5.11. The van der Waals surface area contributed by atoms with Crippen LogP contribution in [-0.2, 0) is 11.2 Å². The minimum absolute atomic E-state index is 0.0418. The number of benzene rings is 3. The molecule has 0 spiro atoms. The number of anilines is 2. The molecule has 2 heterocycles. The van der Waals surface area contributed by atoms with E-state index < -0.39 is 6.09 Å². The van der Waals surface area contributed by atoms with Crippen molar-refractivity contribution in [1.82, 2.24) is 15.1 Å². The van der Waals surface area contributed by atoms with Gasteiger partial charge in [0.1, 0.15) is 0 Å². The predicted octanol–water partition coefficient (Wildman–Crippen LogP) is 5.84. The Morgan fingerprint density at radius 2 is 1.79 bits per heavy atom. The quantitative estimate of drug-likeness (QED) is 0.361. The highest BCUT2D eigenvalue weighted by atomic mass is 16.5. The van der Waals surface area contributed by atoms with Crippen LogP contribution in [0.15, 0.2) is 72.9 Å². The molecule has 2 aliphatic rings. The summed E-state index contributed by atoms with van der Waals surface area (Å²) in [4.78, 5) is 27.4. The molecule has 1 aliphatic carbocycles. The normalized spacial score (nSPS) is 17.3. The van der Waals surface area contributed by atoms with Crippen LogP contribution in [-0.4, -0.2) is 42.1 Å². The first kappa shape index (κ1) is 24.0. The number of ether oxygens (including phenoxy) is 1. The van der Waals surface area contributed by atoms with E-state index in [2.05, 4.69) is 69.2 Å². The van der Waals surface area contributed by atoms with E-state index in [1.54, 1.807) is 24.4 Å². The maximum Gasteiger partial charge on any atom is 0.434 e. The number of fused-ring (bicyclic) bond motifs is 2. The van der Waals surface area contributed by atoms with Crippen molar-refractivity contribution >= 4 is 34.4 Å². The molecule has 3 aromatic carbocycles. The lowest BCUT2D eigenvalue weighted by Gasteiger charge is -2.34. The van der Waals surface area contributed by atoms with Gasteiger partial charge in [0.2, 0.25) is 0 Å². The van der Waals surface area contributed by atoms with Gasteiger partial charge < -0.3 is 20.3 Å². The van der Waals surface area contributed by atoms with Gasteiger partial charge in [-0.1, -0.05) is 42.5 Å². The number of amides is 2. The van der Waals surface area contributed by atoms with Crippen LogP contribution in [0.25, 0.3) is 10.9 Å². The number of urea groups is 1.